The Morgan fingerprint density at radius 3 is 2.64 bits per heavy atom. The molecular weight excluding hydrogens is 612 g/mol. The summed E-state index contributed by atoms with van der Waals surface area (Å²) in [5.41, 5.74) is 0.224. The molecule has 2 atom stereocenters. The molecule has 1 aromatic carbocycles. The number of aliphatic hydroxyl groups excluding tert-OH is 1. The van der Waals surface area contributed by atoms with E-state index in [0.717, 1.165) is 0 Å². The maximum absolute atomic E-state index is 13.9. The van der Waals surface area contributed by atoms with Gasteiger partial charge in [-0.05, 0) is 44.5 Å². The number of aromatic nitrogens is 1. The first-order valence-corrected chi connectivity index (χ1v) is 17.5. The summed E-state index contributed by atoms with van der Waals surface area (Å²) in [7, 11) is -0.656. The highest BCUT2D eigenvalue weighted by atomic mass is 32.2. The average molecular weight is 655 g/mol. The van der Waals surface area contributed by atoms with Gasteiger partial charge in [0.2, 0.25) is 25.9 Å². The van der Waals surface area contributed by atoms with Crippen molar-refractivity contribution in [3.8, 4) is 11.6 Å². The van der Waals surface area contributed by atoms with Crippen molar-refractivity contribution in [3.63, 3.8) is 0 Å². The molecule has 0 amide bonds. The lowest BCUT2D eigenvalue weighted by atomic mass is 9.88. The van der Waals surface area contributed by atoms with Crippen molar-refractivity contribution >= 4 is 31.6 Å². The lowest BCUT2D eigenvalue weighted by Gasteiger charge is -2.38. The van der Waals surface area contributed by atoms with E-state index < -0.39 is 31.8 Å². The third-order valence-electron chi connectivity index (χ3n) is 8.34. The molecule has 3 aliphatic heterocycles. The average Bonchev–Trinajstić information content (AvgIpc) is 3.40. The Hall–Kier alpha value is -2.73. The number of likely N-dealkylation sites (N-methyl/N-ethyl adjacent to an activating group) is 1. The van der Waals surface area contributed by atoms with Crippen molar-refractivity contribution in [1.82, 2.24) is 19.3 Å². The molecule has 5 rings (SSSR count). The number of benzene rings is 1. The van der Waals surface area contributed by atoms with E-state index in [0.29, 0.717) is 75.2 Å². The fourth-order valence-electron chi connectivity index (χ4n) is 5.75. The van der Waals surface area contributed by atoms with Gasteiger partial charge in [0.25, 0.3) is 0 Å². The number of fused-ring (bicyclic) bond motifs is 1. The van der Waals surface area contributed by atoms with Gasteiger partial charge < -0.3 is 34.4 Å². The molecule has 244 valence electrons. The number of nitrogens with zero attached hydrogens (tertiary/aromatic N) is 4. The van der Waals surface area contributed by atoms with Crippen LogP contribution in [0.25, 0.3) is 0 Å². The summed E-state index contributed by atoms with van der Waals surface area (Å²) in [6.07, 6.45) is 0.981. The van der Waals surface area contributed by atoms with Gasteiger partial charge in [0.05, 0.1) is 23.6 Å². The third-order valence-corrected chi connectivity index (χ3v) is 11.7. The van der Waals surface area contributed by atoms with Gasteiger partial charge >= 0.3 is 0 Å². The summed E-state index contributed by atoms with van der Waals surface area (Å²) in [6.45, 7) is 2.48. The Bertz CT molecular complexity index is 1550. The molecule has 16 heteroatoms. The first-order valence-electron chi connectivity index (χ1n) is 14.6. The van der Waals surface area contributed by atoms with E-state index in [-0.39, 0.29) is 29.0 Å². The number of rotatable bonds is 11. The van der Waals surface area contributed by atoms with Crippen molar-refractivity contribution in [2.45, 2.75) is 46.8 Å². The molecule has 2 aromatic rings. The highest BCUT2D eigenvalue weighted by Gasteiger charge is 2.45. The van der Waals surface area contributed by atoms with Crippen molar-refractivity contribution in [2.24, 2.45) is 0 Å². The predicted octanol–water partition coefficient (Wildman–Crippen LogP) is 0.226. The highest BCUT2D eigenvalue weighted by Crippen LogP contribution is 2.40. The van der Waals surface area contributed by atoms with Gasteiger partial charge in [-0.2, -0.15) is 9.29 Å². The Balaban J connectivity index is 1.14. The predicted molar refractivity (Wildman–Crippen MR) is 165 cm³/mol. The molecule has 0 bridgehead atoms. The molecule has 3 aliphatic rings. The summed E-state index contributed by atoms with van der Waals surface area (Å²) in [6, 6.07) is 7.74. The van der Waals surface area contributed by atoms with Crippen molar-refractivity contribution in [1.29, 1.82) is 0 Å². The van der Waals surface area contributed by atoms with Gasteiger partial charge in [0.15, 0.2) is 5.82 Å². The second kappa shape index (κ2) is 12.9. The smallest absolute Gasteiger partial charge is 0.246 e. The maximum Gasteiger partial charge on any atom is 0.246 e. The number of sulfonamides is 2. The molecule has 2 fully saturated rings. The van der Waals surface area contributed by atoms with Gasteiger partial charge in [-0.15, -0.1) is 0 Å². The van der Waals surface area contributed by atoms with Crippen molar-refractivity contribution in [3.05, 3.63) is 30.3 Å². The number of piperidine rings is 1. The van der Waals surface area contributed by atoms with Crippen LogP contribution in [0.1, 0.15) is 19.3 Å². The summed E-state index contributed by atoms with van der Waals surface area (Å²) in [4.78, 5) is 8.44. The van der Waals surface area contributed by atoms with E-state index in [2.05, 4.69) is 15.0 Å². The lowest BCUT2D eigenvalue weighted by molar-refractivity contribution is -0.0312. The zero-order chi connectivity index (χ0) is 31.7. The summed E-state index contributed by atoms with van der Waals surface area (Å²) < 4.78 is 73.1. The van der Waals surface area contributed by atoms with Crippen LogP contribution in [-0.4, -0.2) is 123 Å². The monoisotopic (exact) mass is 654 g/mol. The Kier molecular flexibility index (Phi) is 9.61. The molecule has 0 radical (unpaired) electrons. The normalized spacial score (nSPS) is 21.1. The molecule has 0 aliphatic carbocycles. The molecule has 3 N–H and O–H groups in total. The van der Waals surface area contributed by atoms with Crippen LogP contribution in [0.5, 0.6) is 11.6 Å². The van der Waals surface area contributed by atoms with E-state index in [1.54, 1.807) is 37.2 Å². The third kappa shape index (κ3) is 6.90. The molecule has 14 nitrogen and oxygen atoms in total. The standard InChI is InChI=1S/C28H42N6O8S2/c1-29-43(36,37)23-7-5-6-22(14-23)41-19-21(35)17-30-20-16-28(42-18-20)8-10-34(11-9-28)44(38,39)25-15-24-27(31-26(25)32(2)3)40-13-12-33(24)4/h5-7,14-15,20-21,29-30,35H,8-13,16-19H2,1-4H3/t20-,21?/m1/s1. The SMILES string of the molecule is CNS(=O)(=O)c1cccc(OCC(O)CN[C@H]2COC3(CCN(S(=O)(=O)c4cc5c(nc4N(C)C)OCCN5C)CC3)C2)c1. The summed E-state index contributed by atoms with van der Waals surface area (Å²) in [5.74, 6) is 1.12. The van der Waals surface area contributed by atoms with Crippen LogP contribution in [0.4, 0.5) is 11.5 Å². The number of anilines is 2. The Morgan fingerprint density at radius 2 is 1.93 bits per heavy atom. The van der Waals surface area contributed by atoms with Gasteiger partial charge in [-0.25, -0.2) is 21.6 Å². The topological polar surface area (TPSA) is 163 Å². The van der Waals surface area contributed by atoms with Gasteiger partial charge in [0.1, 0.15) is 35.7 Å². The fraction of sp³-hybridized carbons (Fsp3) is 0.607. The fourth-order valence-corrected chi connectivity index (χ4v) is 8.17. The zero-order valence-electron chi connectivity index (χ0n) is 25.5. The molecule has 0 saturated carbocycles. The lowest BCUT2D eigenvalue weighted by Crippen LogP contribution is -2.47. The largest absolute Gasteiger partial charge is 0.491 e. The number of ether oxygens (including phenoxy) is 3. The number of aliphatic hydroxyl groups is 1. The Morgan fingerprint density at radius 1 is 1.18 bits per heavy atom. The molecule has 4 heterocycles. The van der Waals surface area contributed by atoms with Crippen molar-refractivity contribution < 1.29 is 36.2 Å². The number of pyridine rings is 1. The van der Waals surface area contributed by atoms with Crippen molar-refractivity contribution in [2.75, 3.05) is 84.0 Å². The molecule has 1 aromatic heterocycles. The van der Waals surface area contributed by atoms with E-state index in [1.807, 2.05) is 11.9 Å². The van der Waals surface area contributed by atoms with E-state index in [1.165, 1.54) is 23.5 Å². The second-order valence-electron chi connectivity index (χ2n) is 11.7. The summed E-state index contributed by atoms with van der Waals surface area (Å²) in [5, 5.41) is 13.8. The van der Waals surface area contributed by atoms with Crippen LogP contribution in [0.2, 0.25) is 0 Å². The van der Waals surface area contributed by atoms with Crippen LogP contribution in [0.15, 0.2) is 40.1 Å². The molecular formula is C28H42N6O8S2. The molecule has 1 spiro atoms. The first kappa shape index (κ1) is 32.7. The highest BCUT2D eigenvalue weighted by molar-refractivity contribution is 7.89. The van der Waals surface area contributed by atoms with Gasteiger partial charge in [0, 0.05) is 52.9 Å². The number of hydrogen-bond acceptors (Lipinski definition) is 12. The minimum Gasteiger partial charge on any atom is -0.491 e. The van der Waals surface area contributed by atoms with E-state index in [9.17, 15) is 21.9 Å². The Labute approximate surface area is 259 Å². The molecule has 1 unspecified atom stereocenters. The first-order chi connectivity index (χ1) is 20.8. The minimum atomic E-state index is -3.83. The quantitative estimate of drug-likeness (QED) is 0.303. The number of nitrogens with one attached hydrogen (secondary N) is 2. The molecule has 44 heavy (non-hydrogen) atoms. The van der Waals surface area contributed by atoms with Gasteiger partial charge in [-0.3, -0.25) is 0 Å². The molecule has 2 saturated heterocycles. The summed E-state index contributed by atoms with van der Waals surface area (Å²) >= 11 is 0. The van der Waals surface area contributed by atoms with Crippen LogP contribution in [-0.2, 0) is 24.8 Å². The maximum atomic E-state index is 13.9. The van der Waals surface area contributed by atoms with Crippen LogP contribution >= 0.6 is 0 Å². The second-order valence-corrected chi connectivity index (χ2v) is 15.4. The van der Waals surface area contributed by atoms with Crippen LogP contribution in [0, 0.1) is 0 Å². The van der Waals surface area contributed by atoms with E-state index >= 15 is 0 Å². The zero-order valence-corrected chi connectivity index (χ0v) is 27.2. The van der Waals surface area contributed by atoms with Gasteiger partial charge in [-0.1, -0.05) is 6.07 Å². The van der Waals surface area contributed by atoms with E-state index in [4.69, 9.17) is 14.2 Å². The van der Waals surface area contributed by atoms with Crippen LogP contribution < -0.4 is 29.3 Å². The van der Waals surface area contributed by atoms with Crippen LogP contribution in [0.3, 0.4) is 0 Å². The minimum absolute atomic E-state index is 0.00219. The number of hydrogen-bond donors (Lipinski definition) is 3.